The Balaban J connectivity index is 1.33. The summed E-state index contributed by atoms with van der Waals surface area (Å²) in [5.74, 6) is 0.748. The fourth-order valence-corrected chi connectivity index (χ4v) is 3.95. The lowest BCUT2D eigenvalue weighted by molar-refractivity contribution is 0.677. The van der Waals surface area contributed by atoms with Crippen LogP contribution in [0.25, 0.3) is 10.6 Å². The van der Waals surface area contributed by atoms with E-state index < -0.39 is 0 Å². The van der Waals surface area contributed by atoms with Gasteiger partial charge in [0, 0.05) is 36.9 Å². The number of nitrogens with zero attached hydrogens (tertiary/aromatic N) is 4. The van der Waals surface area contributed by atoms with Crippen LogP contribution in [0.3, 0.4) is 0 Å². The molecule has 0 aliphatic rings. The zero-order valence-corrected chi connectivity index (χ0v) is 17.6. The van der Waals surface area contributed by atoms with Gasteiger partial charge >= 0.3 is 0 Å². The van der Waals surface area contributed by atoms with Gasteiger partial charge in [-0.2, -0.15) is 5.10 Å². The molecule has 0 fully saturated rings. The highest BCUT2D eigenvalue weighted by Crippen LogP contribution is 2.23. The smallest absolute Gasteiger partial charge is 0.191 e. The molecule has 152 valence electrons. The molecular formula is C23H24N6S. The molecule has 30 heavy (non-hydrogen) atoms. The van der Waals surface area contributed by atoms with E-state index in [4.69, 9.17) is 4.98 Å². The monoisotopic (exact) mass is 416 g/mol. The fourth-order valence-electron chi connectivity index (χ4n) is 3.13. The van der Waals surface area contributed by atoms with Crippen molar-refractivity contribution in [1.29, 1.82) is 0 Å². The molecular weight excluding hydrogens is 392 g/mol. The molecule has 2 N–H and O–H groups in total. The van der Waals surface area contributed by atoms with Gasteiger partial charge < -0.3 is 10.6 Å². The predicted molar refractivity (Wildman–Crippen MR) is 122 cm³/mol. The van der Waals surface area contributed by atoms with Gasteiger partial charge in [0.1, 0.15) is 5.01 Å². The number of hydrogen-bond donors (Lipinski definition) is 2. The van der Waals surface area contributed by atoms with Crippen LogP contribution in [0.5, 0.6) is 0 Å². The van der Waals surface area contributed by atoms with E-state index in [-0.39, 0.29) is 0 Å². The van der Waals surface area contributed by atoms with Crippen molar-refractivity contribution in [2.45, 2.75) is 19.6 Å². The first-order chi connectivity index (χ1) is 14.8. The Bertz CT molecular complexity index is 1090. The minimum atomic E-state index is 0.623. The lowest BCUT2D eigenvalue weighted by atomic mass is 10.1. The van der Waals surface area contributed by atoms with Crippen molar-refractivity contribution < 1.29 is 0 Å². The molecule has 0 bridgehead atoms. The standard InChI is InChI=1S/C23H24N6S/c1-24-23(26-15-21-17-30-22(28-21)18-8-3-2-4-9-18)25-14-19-10-5-6-11-20(19)16-29-13-7-12-27-29/h2-13,17H,14-16H2,1H3,(H2,24,25,26). The molecule has 0 atom stereocenters. The van der Waals surface area contributed by atoms with Crippen LogP contribution in [-0.2, 0) is 19.6 Å². The highest BCUT2D eigenvalue weighted by atomic mass is 32.1. The number of thiazole rings is 1. The van der Waals surface area contributed by atoms with Crippen molar-refractivity contribution in [3.8, 4) is 10.6 Å². The van der Waals surface area contributed by atoms with Crippen LogP contribution < -0.4 is 10.6 Å². The van der Waals surface area contributed by atoms with Gasteiger partial charge in [-0.25, -0.2) is 4.98 Å². The van der Waals surface area contributed by atoms with Crippen LogP contribution in [-0.4, -0.2) is 27.8 Å². The number of guanidine groups is 1. The molecule has 2 aromatic heterocycles. The van der Waals surface area contributed by atoms with Crippen molar-refractivity contribution >= 4 is 17.3 Å². The molecule has 7 heteroatoms. The maximum absolute atomic E-state index is 4.72. The molecule has 0 aliphatic carbocycles. The highest BCUT2D eigenvalue weighted by molar-refractivity contribution is 7.13. The van der Waals surface area contributed by atoms with Crippen molar-refractivity contribution in [3.05, 3.63) is 95.3 Å². The molecule has 0 saturated carbocycles. The first kappa shape index (κ1) is 19.8. The zero-order valence-electron chi connectivity index (χ0n) is 16.8. The Morgan fingerprint density at radius 3 is 2.50 bits per heavy atom. The SMILES string of the molecule is CN=C(NCc1csc(-c2ccccc2)n1)NCc1ccccc1Cn1cccn1. The van der Waals surface area contributed by atoms with E-state index in [0.717, 1.165) is 28.8 Å². The largest absolute Gasteiger partial charge is 0.352 e. The fraction of sp³-hybridized carbons (Fsp3) is 0.174. The number of benzene rings is 2. The zero-order chi connectivity index (χ0) is 20.6. The Labute approximate surface area is 180 Å². The lowest BCUT2D eigenvalue weighted by Gasteiger charge is -2.14. The number of aliphatic imine (C=N–C) groups is 1. The molecule has 2 aromatic carbocycles. The first-order valence-electron chi connectivity index (χ1n) is 9.80. The molecule has 0 spiro atoms. The molecule has 0 amide bonds. The van der Waals surface area contributed by atoms with Crippen molar-refractivity contribution in [2.75, 3.05) is 7.05 Å². The second kappa shape index (κ2) is 9.84. The summed E-state index contributed by atoms with van der Waals surface area (Å²) >= 11 is 1.66. The van der Waals surface area contributed by atoms with E-state index in [0.29, 0.717) is 13.1 Å². The predicted octanol–water partition coefficient (Wildman–Crippen LogP) is 3.92. The summed E-state index contributed by atoms with van der Waals surface area (Å²) in [5.41, 5.74) is 4.60. The summed E-state index contributed by atoms with van der Waals surface area (Å²) < 4.78 is 1.93. The number of nitrogens with one attached hydrogen (secondary N) is 2. The third kappa shape index (κ3) is 5.12. The van der Waals surface area contributed by atoms with Crippen LogP contribution in [0.1, 0.15) is 16.8 Å². The summed E-state index contributed by atoms with van der Waals surface area (Å²) in [6.45, 7) is 2.05. The Morgan fingerprint density at radius 2 is 1.73 bits per heavy atom. The van der Waals surface area contributed by atoms with Crippen LogP contribution >= 0.6 is 11.3 Å². The summed E-state index contributed by atoms with van der Waals surface area (Å²) in [6, 6.07) is 20.6. The summed E-state index contributed by atoms with van der Waals surface area (Å²) in [6.07, 6.45) is 3.77. The van der Waals surface area contributed by atoms with Crippen LogP contribution in [0.15, 0.2) is 83.4 Å². The van der Waals surface area contributed by atoms with Gasteiger partial charge in [0.05, 0.1) is 18.8 Å². The summed E-state index contributed by atoms with van der Waals surface area (Å²) in [5, 5.41) is 14.2. The van der Waals surface area contributed by atoms with E-state index in [1.54, 1.807) is 24.6 Å². The van der Waals surface area contributed by atoms with E-state index >= 15 is 0 Å². The van der Waals surface area contributed by atoms with Crippen molar-refractivity contribution in [1.82, 2.24) is 25.4 Å². The maximum atomic E-state index is 4.72. The van der Waals surface area contributed by atoms with E-state index in [9.17, 15) is 0 Å². The van der Waals surface area contributed by atoms with Crippen LogP contribution in [0.2, 0.25) is 0 Å². The normalized spacial score (nSPS) is 11.4. The summed E-state index contributed by atoms with van der Waals surface area (Å²) in [7, 11) is 1.78. The second-order valence-corrected chi connectivity index (χ2v) is 7.62. The Kier molecular flexibility index (Phi) is 6.51. The number of hydrogen-bond acceptors (Lipinski definition) is 4. The molecule has 4 rings (SSSR count). The van der Waals surface area contributed by atoms with Gasteiger partial charge in [-0.05, 0) is 17.2 Å². The van der Waals surface area contributed by atoms with Gasteiger partial charge in [0.15, 0.2) is 5.96 Å². The molecule has 0 aliphatic heterocycles. The van der Waals surface area contributed by atoms with Crippen molar-refractivity contribution in [3.63, 3.8) is 0 Å². The van der Waals surface area contributed by atoms with Crippen molar-refractivity contribution in [2.24, 2.45) is 4.99 Å². The number of rotatable bonds is 7. The van der Waals surface area contributed by atoms with Gasteiger partial charge in [-0.3, -0.25) is 9.67 Å². The maximum Gasteiger partial charge on any atom is 0.191 e. The Hall–Kier alpha value is -3.45. The third-order valence-corrected chi connectivity index (χ3v) is 5.63. The molecule has 4 aromatic rings. The molecule has 0 unspecified atom stereocenters. The van der Waals surface area contributed by atoms with E-state index in [1.807, 2.05) is 35.1 Å². The molecule has 6 nitrogen and oxygen atoms in total. The van der Waals surface area contributed by atoms with E-state index in [1.165, 1.54) is 11.1 Å². The molecule has 2 heterocycles. The van der Waals surface area contributed by atoms with Gasteiger partial charge in [0.2, 0.25) is 0 Å². The quantitative estimate of drug-likeness (QED) is 0.354. The lowest BCUT2D eigenvalue weighted by Crippen LogP contribution is -2.36. The minimum Gasteiger partial charge on any atom is -0.352 e. The van der Waals surface area contributed by atoms with E-state index in [2.05, 4.69) is 62.5 Å². The van der Waals surface area contributed by atoms with Gasteiger partial charge in [0.25, 0.3) is 0 Å². The average Bonchev–Trinajstić information content (AvgIpc) is 3.48. The molecule has 0 radical (unpaired) electrons. The highest BCUT2D eigenvalue weighted by Gasteiger charge is 2.07. The topological polar surface area (TPSA) is 67.1 Å². The number of aromatic nitrogens is 3. The third-order valence-electron chi connectivity index (χ3n) is 4.69. The van der Waals surface area contributed by atoms with Crippen LogP contribution in [0, 0.1) is 0 Å². The Morgan fingerprint density at radius 1 is 0.967 bits per heavy atom. The summed E-state index contributed by atoms with van der Waals surface area (Å²) in [4.78, 5) is 9.07. The second-order valence-electron chi connectivity index (χ2n) is 6.76. The van der Waals surface area contributed by atoms with Crippen LogP contribution in [0.4, 0.5) is 0 Å². The first-order valence-corrected chi connectivity index (χ1v) is 10.7. The van der Waals surface area contributed by atoms with Gasteiger partial charge in [-0.15, -0.1) is 11.3 Å². The minimum absolute atomic E-state index is 0.623. The average molecular weight is 417 g/mol. The molecule has 0 saturated heterocycles. The van der Waals surface area contributed by atoms with Gasteiger partial charge in [-0.1, -0.05) is 54.6 Å².